The Morgan fingerprint density at radius 2 is 0.738 bits per heavy atom. The molecule has 0 aliphatic rings. The molecular formula is C59H115NO5. The van der Waals surface area contributed by atoms with E-state index in [0.29, 0.717) is 19.3 Å². The third kappa shape index (κ3) is 48.9. The molecule has 0 aromatic carbocycles. The van der Waals surface area contributed by atoms with Crippen LogP contribution in [-0.4, -0.2) is 46.9 Å². The van der Waals surface area contributed by atoms with Gasteiger partial charge in [0.1, 0.15) is 6.10 Å². The van der Waals surface area contributed by atoms with E-state index < -0.39 is 18.2 Å². The van der Waals surface area contributed by atoms with Crippen LogP contribution in [0.4, 0.5) is 0 Å². The van der Waals surface area contributed by atoms with Crippen molar-refractivity contribution in [3.63, 3.8) is 0 Å². The Labute approximate surface area is 406 Å². The smallest absolute Gasteiger partial charge is 0.306 e. The van der Waals surface area contributed by atoms with Crippen molar-refractivity contribution >= 4 is 11.9 Å². The summed E-state index contributed by atoms with van der Waals surface area (Å²) in [5.41, 5.74) is 0. The van der Waals surface area contributed by atoms with E-state index in [4.69, 9.17) is 4.74 Å². The highest BCUT2D eigenvalue weighted by atomic mass is 16.5. The lowest BCUT2D eigenvalue weighted by atomic mass is 10.0. The van der Waals surface area contributed by atoms with Gasteiger partial charge in [-0.3, -0.25) is 9.59 Å². The fourth-order valence-corrected chi connectivity index (χ4v) is 9.37. The summed E-state index contributed by atoms with van der Waals surface area (Å²) in [4.78, 5) is 26.3. The van der Waals surface area contributed by atoms with Crippen LogP contribution in [0.2, 0.25) is 0 Å². The lowest BCUT2D eigenvalue weighted by Gasteiger charge is -2.24. The molecule has 0 bridgehead atoms. The Hall–Kier alpha value is -1.40. The van der Waals surface area contributed by atoms with Gasteiger partial charge in [-0.05, 0) is 51.4 Å². The topological polar surface area (TPSA) is 95.9 Å². The minimum Gasteiger partial charge on any atom is -0.462 e. The number of ether oxygens (including phenoxy) is 1. The number of nitrogens with one attached hydrogen (secondary N) is 1. The molecular weight excluding hydrogens is 803 g/mol. The number of hydrogen-bond acceptors (Lipinski definition) is 5. The Kier molecular flexibility index (Phi) is 52.4. The maximum atomic E-state index is 13.3. The summed E-state index contributed by atoms with van der Waals surface area (Å²) in [7, 11) is 0. The molecule has 0 aromatic rings. The first-order valence-electron chi connectivity index (χ1n) is 29.4. The van der Waals surface area contributed by atoms with Crippen molar-refractivity contribution in [1.82, 2.24) is 5.32 Å². The van der Waals surface area contributed by atoms with E-state index in [9.17, 15) is 19.8 Å². The van der Waals surface area contributed by atoms with E-state index in [1.54, 1.807) is 0 Å². The first-order chi connectivity index (χ1) is 32.0. The van der Waals surface area contributed by atoms with Gasteiger partial charge in [0.2, 0.25) is 5.91 Å². The predicted octanol–water partition coefficient (Wildman–Crippen LogP) is 18.1. The molecule has 1 amide bonds. The summed E-state index contributed by atoms with van der Waals surface area (Å²) in [6.45, 7) is 6.53. The highest BCUT2D eigenvalue weighted by molar-refractivity contribution is 5.77. The van der Waals surface area contributed by atoms with Crippen molar-refractivity contribution in [2.75, 3.05) is 6.61 Å². The average Bonchev–Trinajstić information content (AvgIpc) is 3.30. The van der Waals surface area contributed by atoms with Crippen LogP contribution in [-0.2, 0) is 14.3 Å². The lowest BCUT2D eigenvalue weighted by Crippen LogP contribution is -2.46. The molecule has 0 aromatic heterocycles. The van der Waals surface area contributed by atoms with Gasteiger partial charge in [-0.1, -0.05) is 277 Å². The minimum atomic E-state index is -0.784. The van der Waals surface area contributed by atoms with Gasteiger partial charge in [0.05, 0.1) is 25.2 Å². The highest BCUT2D eigenvalue weighted by Crippen LogP contribution is 2.19. The van der Waals surface area contributed by atoms with Crippen molar-refractivity contribution in [2.24, 2.45) is 0 Å². The largest absolute Gasteiger partial charge is 0.462 e. The van der Waals surface area contributed by atoms with Gasteiger partial charge >= 0.3 is 5.97 Å². The first-order valence-corrected chi connectivity index (χ1v) is 29.4. The molecule has 6 heteroatoms. The molecule has 0 heterocycles. The van der Waals surface area contributed by atoms with E-state index in [-0.39, 0.29) is 24.9 Å². The molecule has 0 saturated heterocycles. The maximum Gasteiger partial charge on any atom is 0.306 e. The molecule has 0 aliphatic heterocycles. The lowest BCUT2D eigenvalue weighted by molar-refractivity contribution is -0.151. The number of unbranched alkanes of at least 4 members (excludes halogenated alkanes) is 40. The quantitative estimate of drug-likeness (QED) is 0.0321. The van der Waals surface area contributed by atoms with E-state index in [1.807, 2.05) is 0 Å². The van der Waals surface area contributed by atoms with Crippen molar-refractivity contribution < 1.29 is 24.5 Å². The van der Waals surface area contributed by atoms with Gasteiger partial charge in [-0.15, -0.1) is 0 Å². The monoisotopic (exact) mass is 918 g/mol. The van der Waals surface area contributed by atoms with Crippen LogP contribution in [0.1, 0.15) is 329 Å². The average molecular weight is 919 g/mol. The summed E-state index contributed by atoms with van der Waals surface area (Å²) >= 11 is 0. The van der Waals surface area contributed by atoms with E-state index in [2.05, 4.69) is 38.2 Å². The van der Waals surface area contributed by atoms with Crippen LogP contribution in [0.5, 0.6) is 0 Å². The Morgan fingerprint density at radius 3 is 1.09 bits per heavy atom. The van der Waals surface area contributed by atoms with Crippen LogP contribution in [0.3, 0.4) is 0 Å². The van der Waals surface area contributed by atoms with Crippen LogP contribution in [0.25, 0.3) is 0 Å². The highest BCUT2D eigenvalue weighted by Gasteiger charge is 2.24. The number of hydrogen-bond donors (Lipinski definition) is 3. The fourth-order valence-electron chi connectivity index (χ4n) is 9.37. The molecule has 3 atom stereocenters. The standard InChI is InChI=1S/C59H115NO5/c1-4-7-10-13-16-19-22-25-28-29-30-31-34-37-40-43-46-49-52-59(64)65-55(50-47-44-41-38-35-32-26-23-20-17-14-11-8-5-2)53-58(63)60-56(54-61)57(62)51-48-45-42-39-36-33-27-24-21-18-15-12-9-6-3/h30-31,55-57,61-62H,4-29,32-54H2,1-3H3,(H,60,63)/b31-30+. The van der Waals surface area contributed by atoms with Crippen LogP contribution in [0, 0.1) is 0 Å². The van der Waals surface area contributed by atoms with Gasteiger partial charge in [-0.2, -0.15) is 0 Å². The second kappa shape index (κ2) is 53.6. The van der Waals surface area contributed by atoms with Crippen molar-refractivity contribution in [2.45, 2.75) is 347 Å². The number of carbonyl (C=O) groups is 2. The molecule has 386 valence electrons. The summed E-state index contributed by atoms with van der Waals surface area (Å²) in [5.74, 6) is -0.460. The van der Waals surface area contributed by atoms with E-state index in [0.717, 1.165) is 51.4 Å². The van der Waals surface area contributed by atoms with E-state index in [1.165, 1.54) is 231 Å². The van der Waals surface area contributed by atoms with Gasteiger partial charge in [0.25, 0.3) is 0 Å². The summed E-state index contributed by atoms with van der Waals surface area (Å²) in [6.07, 6.45) is 61.3. The molecule has 3 N–H and O–H groups in total. The Balaban J connectivity index is 4.50. The molecule has 3 unspecified atom stereocenters. The number of carbonyl (C=O) groups excluding carboxylic acids is 2. The maximum absolute atomic E-state index is 13.3. The fraction of sp³-hybridized carbons (Fsp3) is 0.932. The van der Waals surface area contributed by atoms with Gasteiger partial charge in [-0.25, -0.2) is 0 Å². The normalized spacial score (nSPS) is 13.1. The third-order valence-electron chi connectivity index (χ3n) is 13.8. The third-order valence-corrected chi connectivity index (χ3v) is 13.8. The van der Waals surface area contributed by atoms with Crippen LogP contribution in [0.15, 0.2) is 12.2 Å². The van der Waals surface area contributed by atoms with Crippen LogP contribution < -0.4 is 5.32 Å². The van der Waals surface area contributed by atoms with Gasteiger partial charge < -0.3 is 20.3 Å². The molecule has 0 spiro atoms. The molecule has 0 aliphatic carbocycles. The minimum absolute atomic E-state index is 0.0822. The number of amides is 1. The first kappa shape index (κ1) is 63.6. The second-order valence-corrected chi connectivity index (χ2v) is 20.4. The molecule has 65 heavy (non-hydrogen) atoms. The second-order valence-electron chi connectivity index (χ2n) is 20.4. The predicted molar refractivity (Wildman–Crippen MR) is 283 cm³/mol. The zero-order chi connectivity index (χ0) is 47.4. The van der Waals surface area contributed by atoms with Crippen molar-refractivity contribution in [3.8, 4) is 0 Å². The summed E-state index contributed by atoms with van der Waals surface area (Å²) in [6, 6.07) is -0.697. The van der Waals surface area contributed by atoms with Crippen LogP contribution >= 0.6 is 0 Å². The number of esters is 1. The molecule has 0 fully saturated rings. The van der Waals surface area contributed by atoms with Gasteiger partial charge in [0.15, 0.2) is 0 Å². The molecule has 0 saturated carbocycles. The summed E-state index contributed by atoms with van der Waals surface area (Å²) < 4.78 is 5.97. The molecule has 0 radical (unpaired) electrons. The molecule has 0 rings (SSSR count). The van der Waals surface area contributed by atoms with E-state index >= 15 is 0 Å². The zero-order valence-electron chi connectivity index (χ0n) is 44.2. The van der Waals surface area contributed by atoms with Gasteiger partial charge in [0, 0.05) is 6.42 Å². The number of rotatable bonds is 54. The van der Waals surface area contributed by atoms with Crippen molar-refractivity contribution in [3.05, 3.63) is 12.2 Å². The Bertz CT molecular complexity index is 986. The zero-order valence-corrected chi connectivity index (χ0v) is 44.2. The molecule has 6 nitrogen and oxygen atoms in total. The SMILES string of the molecule is CCCCCCCCCCC/C=C/CCCCCCCC(=O)OC(CCCCCCCCCCCCCCCC)CC(=O)NC(CO)C(O)CCCCCCCCCCCCCCCC. The number of allylic oxidation sites excluding steroid dienone is 2. The van der Waals surface area contributed by atoms with Crippen molar-refractivity contribution in [1.29, 1.82) is 0 Å². The Morgan fingerprint density at radius 1 is 0.431 bits per heavy atom. The number of aliphatic hydroxyl groups is 2. The number of aliphatic hydroxyl groups excluding tert-OH is 2. The summed E-state index contributed by atoms with van der Waals surface area (Å²) in [5, 5.41) is 23.9.